The summed E-state index contributed by atoms with van der Waals surface area (Å²) < 4.78 is 1.11. The number of carbonyl (C=O) groups excluding carboxylic acids is 1. The molecule has 3 nitrogen and oxygen atoms in total. The van der Waals surface area contributed by atoms with Crippen molar-refractivity contribution < 1.29 is 4.79 Å². The summed E-state index contributed by atoms with van der Waals surface area (Å²) in [7, 11) is 0. The Hall–Kier alpha value is -1.09. The first-order chi connectivity index (χ1) is 7.67. The fourth-order valence-electron chi connectivity index (χ4n) is 1.31. The van der Waals surface area contributed by atoms with E-state index in [-0.39, 0.29) is 5.91 Å². The first-order valence-corrected chi connectivity index (χ1v) is 6.21. The van der Waals surface area contributed by atoms with Crippen molar-refractivity contribution in [1.82, 2.24) is 0 Å². The minimum absolute atomic E-state index is 0.217. The van der Waals surface area contributed by atoms with Crippen LogP contribution in [-0.4, -0.2) is 5.91 Å². The van der Waals surface area contributed by atoms with Crippen LogP contribution in [0.4, 0.5) is 5.69 Å². The van der Waals surface area contributed by atoms with Gasteiger partial charge in [-0.05, 0) is 53.3 Å². The monoisotopic (exact) mass is 328 g/mol. The second kappa shape index (κ2) is 6.48. The number of amides is 1. The van der Waals surface area contributed by atoms with Gasteiger partial charge in [0.1, 0.15) is 5.92 Å². The van der Waals surface area contributed by atoms with Crippen molar-refractivity contribution in [1.29, 1.82) is 5.26 Å². The van der Waals surface area contributed by atoms with Gasteiger partial charge in [-0.2, -0.15) is 5.26 Å². The lowest BCUT2D eigenvalue weighted by molar-refractivity contribution is -0.118. The molecule has 0 aliphatic rings. The molecule has 1 aromatic rings. The van der Waals surface area contributed by atoms with E-state index in [4.69, 9.17) is 5.26 Å². The molecule has 0 aliphatic carbocycles. The first-order valence-electron chi connectivity index (χ1n) is 5.13. The molecule has 0 fully saturated rings. The van der Waals surface area contributed by atoms with Gasteiger partial charge in [0.15, 0.2) is 0 Å². The maximum absolute atomic E-state index is 11.7. The Morgan fingerprint density at radius 1 is 1.50 bits per heavy atom. The van der Waals surface area contributed by atoms with Gasteiger partial charge in [0.2, 0.25) is 5.91 Å². The standard InChI is InChI=1S/C12H13IN2O/c1-2-3-9(8-14)12(16)15-11-6-4-10(13)5-7-11/h4-7,9H,2-3H2,1H3,(H,15,16). The average Bonchev–Trinajstić information content (AvgIpc) is 2.29. The fraction of sp³-hybridized carbons (Fsp3) is 0.333. The summed E-state index contributed by atoms with van der Waals surface area (Å²) in [5, 5.41) is 11.6. The highest BCUT2D eigenvalue weighted by Crippen LogP contribution is 2.13. The van der Waals surface area contributed by atoms with Crippen LogP contribution < -0.4 is 5.32 Å². The predicted molar refractivity (Wildman–Crippen MR) is 71.8 cm³/mol. The summed E-state index contributed by atoms with van der Waals surface area (Å²) in [6.07, 6.45) is 1.44. The van der Waals surface area contributed by atoms with Gasteiger partial charge in [-0.15, -0.1) is 0 Å². The second-order valence-corrected chi connectivity index (χ2v) is 4.71. The zero-order chi connectivity index (χ0) is 12.0. The van der Waals surface area contributed by atoms with Crippen LogP contribution in [0.2, 0.25) is 0 Å². The van der Waals surface area contributed by atoms with Gasteiger partial charge in [0.25, 0.3) is 0 Å². The number of hydrogen-bond donors (Lipinski definition) is 1. The molecule has 1 atom stereocenters. The van der Waals surface area contributed by atoms with Gasteiger partial charge in [-0.3, -0.25) is 4.79 Å². The summed E-state index contributed by atoms with van der Waals surface area (Å²) in [5.74, 6) is -0.769. The zero-order valence-electron chi connectivity index (χ0n) is 9.03. The van der Waals surface area contributed by atoms with Crippen molar-refractivity contribution >= 4 is 34.2 Å². The Bertz CT molecular complexity index is 394. The number of hydrogen-bond acceptors (Lipinski definition) is 2. The number of nitrogens with zero attached hydrogens (tertiary/aromatic N) is 1. The van der Waals surface area contributed by atoms with Gasteiger partial charge >= 0.3 is 0 Å². The normalized spacial score (nSPS) is 11.6. The van der Waals surface area contributed by atoms with Crippen molar-refractivity contribution in [2.45, 2.75) is 19.8 Å². The molecule has 0 aromatic heterocycles. The van der Waals surface area contributed by atoms with Gasteiger partial charge in [0, 0.05) is 9.26 Å². The van der Waals surface area contributed by atoms with Crippen molar-refractivity contribution in [3.8, 4) is 6.07 Å². The molecule has 1 amide bonds. The van der Waals surface area contributed by atoms with Crippen LogP contribution in [0.25, 0.3) is 0 Å². The lowest BCUT2D eigenvalue weighted by atomic mass is 10.0. The smallest absolute Gasteiger partial charge is 0.241 e. The van der Waals surface area contributed by atoms with E-state index < -0.39 is 5.92 Å². The number of nitrogens with one attached hydrogen (secondary N) is 1. The van der Waals surface area contributed by atoms with Crippen LogP contribution in [0.5, 0.6) is 0 Å². The highest BCUT2D eigenvalue weighted by Gasteiger charge is 2.16. The summed E-state index contributed by atoms with van der Waals surface area (Å²) in [6.45, 7) is 1.96. The SMILES string of the molecule is CCCC(C#N)C(=O)Nc1ccc(I)cc1. The molecule has 0 aliphatic heterocycles. The van der Waals surface area contributed by atoms with Gasteiger partial charge < -0.3 is 5.32 Å². The summed E-state index contributed by atoms with van der Waals surface area (Å²) in [4.78, 5) is 11.7. The van der Waals surface area contributed by atoms with Crippen LogP contribution in [0.15, 0.2) is 24.3 Å². The molecule has 1 aromatic carbocycles. The molecule has 1 N–H and O–H groups in total. The third kappa shape index (κ3) is 3.81. The Kier molecular flexibility index (Phi) is 5.26. The van der Waals surface area contributed by atoms with E-state index in [9.17, 15) is 4.79 Å². The van der Waals surface area contributed by atoms with Crippen LogP contribution >= 0.6 is 22.6 Å². The minimum atomic E-state index is -0.552. The number of halogens is 1. The van der Waals surface area contributed by atoms with Crippen molar-refractivity contribution in [3.63, 3.8) is 0 Å². The molecule has 1 rings (SSSR count). The number of carbonyl (C=O) groups is 1. The maximum atomic E-state index is 11.7. The van der Waals surface area contributed by atoms with E-state index >= 15 is 0 Å². The van der Waals surface area contributed by atoms with Gasteiger partial charge in [-0.1, -0.05) is 13.3 Å². The van der Waals surface area contributed by atoms with Gasteiger partial charge in [-0.25, -0.2) is 0 Å². The topological polar surface area (TPSA) is 52.9 Å². The predicted octanol–water partition coefficient (Wildman–Crippen LogP) is 3.17. The Labute approximate surface area is 109 Å². The maximum Gasteiger partial charge on any atom is 0.241 e. The number of anilines is 1. The largest absolute Gasteiger partial charge is 0.325 e. The number of nitriles is 1. The van der Waals surface area contributed by atoms with Crippen molar-refractivity contribution in [2.24, 2.45) is 5.92 Å². The lowest BCUT2D eigenvalue weighted by Gasteiger charge is -2.09. The molecule has 0 saturated carbocycles. The Morgan fingerprint density at radius 3 is 2.62 bits per heavy atom. The molecule has 0 radical (unpaired) electrons. The molecular weight excluding hydrogens is 315 g/mol. The van der Waals surface area contributed by atoms with Crippen LogP contribution in [0, 0.1) is 20.8 Å². The van der Waals surface area contributed by atoms with Crippen LogP contribution in [0.3, 0.4) is 0 Å². The quantitative estimate of drug-likeness (QED) is 0.863. The van der Waals surface area contributed by atoms with E-state index in [1.807, 2.05) is 37.3 Å². The minimum Gasteiger partial charge on any atom is -0.325 e. The summed E-state index contributed by atoms with van der Waals surface area (Å²) >= 11 is 2.20. The molecule has 84 valence electrons. The van der Waals surface area contributed by atoms with Crippen molar-refractivity contribution in [2.75, 3.05) is 5.32 Å². The van der Waals surface area contributed by atoms with E-state index in [1.165, 1.54) is 0 Å². The molecule has 1 unspecified atom stereocenters. The number of rotatable bonds is 4. The van der Waals surface area contributed by atoms with Crippen LogP contribution in [-0.2, 0) is 4.79 Å². The molecule has 0 heterocycles. The van der Waals surface area contributed by atoms with Crippen LogP contribution in [0.1, 0.15) is 19.8 Å². The second-order valence-electron chi connectivity index (χ2n) is 3.47. The summed E-state index contributed by atoms with van der Waals surface area (Å²) in [6, 6.07) is 9.52. The van der Waals surface area contributed by atoms with E-state index in [0.29, 0.717) is 6.42 Å². The fourth-order valence-corrected chi connectivity index (χ4v) is 1.67. The first kappa shape index (κ1) is 13.0. The Balaban J connectivity index is 2.63. The highest BCUT2D eigenvalue weighted by atomic mass is 127. The van der Waals surface area contributed by atoms with Crippen molar-refractivity contribution in [3.05, 3.63) is 27.8 Å². The molecular formula is C12H13IN2O. The molecule has 0 spiro atoms. The van der Waals surface area contributed by atoms with E-state index in [2.05, 4.69) is 27.9 Å². The molecule has 0 bridgehead atoms. The van der Waals surface area contributed by atoms with Gasteiger partial charge in [0.05, 0.1) is 6.07 Å². The third-order valence-electron chi connectivity index (χ3n) is 2.16. The molecule has 0 saturated heterocycles. The average molecular weight is 328 g/mol. The highest BCUT2D eigenvalue weighted by molar-refractivity contribution is 14.1. The molecule has 16 heavy (non-hydrogen) atoms. The lowest BCUT2D eigenvalue weighted by Crippen LogP contribution is -2.21. The zero-order valence-corrected chi connectivity index (χ0v) is 11.2. The van der Waals surface area contributed by atoms with E-state index in [1.54, 1.807) is 0 Å². The molecule has 4 heteroatoms. The van der Waals surface area contributed by atoms with E-state index in [0.717, 1.165) is 15.7 Å². The summed E-state index contributed by atoms with van der Waals surface area (Å²) in [5.41, 5.74) is 0.738. The Morgan fingerprint density at radius 2 is 2.12 bits per heavy atom. The third-order valence-corrected chi connectivity index (χ3v) is 2.88. The number of benzene rings is 1.